The zero-order valence-corrected chi connectivity index (χ0v) is 7.04. The van der Waals surface area contributed by atoms with Crippen LogP contribution in [0.4, 0.5) is 0 Å². The van der Waals surface area contributed by atoms with Gasteiger partial charge in [0, 0.05) is 0 Å². The number of aliphatic imine (C=N–C) groups is 3. The maximum Gasteiger partial charge on any atom is 0.226 e. The topological polar surface area (TPSA) is 75.1 Å². The summed E-state index contributed by atoms with van der Waals surface area (Å²) >= 11 is 5.58. The molecule has 5 nitrogen and oxygen atoms in total. The maximum absolute atomic E-state index is 5.58. The Labute approximate surface area is 74.7 Å². The van der Waals surface area contributed by atoms with Gasteiger partial charge in [0.05, 0.1) is 12.9 Å². The van der Waals surface area contributed by atoms with E-state index < -0.39 is 0 Å². The van der Waals surface area contributed by atoms with Crippen molar-refractivity contribution in [2.24, 2.45) is 20.7 Å². The average molecular weight is 186 g/mol. The third kappa shape index (κ3) is 2.71. The number of rotatable bonds is 0. The van der Waals surface area contributed by atoms with E-state index in [0.29, 0.717) is 18.2 Å². The Bertz CT molecular complexity index is 278. The molecule has 0 spiro atoms. The van der Waals surface area contributed by atoms with E-state index in [1.54, 1.807) is 0 Å². The zero-order chi connectivity index (χ0) is 8.97. The van der Waals surface area contributed by atoms with E-state index in [4.69, 9.17) is 17.3 Å². The number of amidine groups is 2. The van der Waals surface area contributed by atoms with Gasteiger partial charge in [-0.3, -0.25) is 4.99 Å². The Morgan fingerprint density at radius 1 is 1.58 bits per heavy atom. The second kappa shape index (κ2) is 3.87. The standard InChI is InChI=1S/C6H8ClN5/c1-4-10-3-9-2-5(8)12-6(7)11-4/h3H,1-2H2,(H,9,10)(H2,8,11,12). The summed E-state index contributed by atoms with van der Waals surface area (Å²) in [5.74, 6) is 0.693. The number of nitrogens with zero attached hydrogens (tertiary/aromatic N) is 3. The quantitative estimate of drug-likeness (QED) is 0.523. The van der Waals surface area contributed by atoms with Gasteiger partial charge in [0.15, 0.2) is 0 Å². The lowest BCUT2D eigenvalue weighted by molar-refractivity contribution is 1.10. The van der Waals surface area contributed by atoms with E-state index in [1.165, 1.54) is 6.34 Å². The van der Waals surface area contributed by atoms with Crippen LogP contribution in [0.3, 0.4) is 0 Å². The molecular formula is C6H8ClN5. The summed E-state index contributed by atoms with van der Waals surface area (Å²) in [5, 5.41) is 2.74. The van der Waals surface area contributed by atoms with E-state index in [-0.39, 0.29) is 5.29 Å². The van der Waals surface area contributed by atoms with Crippen LogP contribution in [0, 0.1) is 0 Å². The van der Waals surface area contributed by atoms with Gasteiger partial charge in [-0.25, -0.2) is 9.98 Å². The molecule has 3 N–H and O–H groups in total. The SMILES string of the molecule is C=C1/N=C(Cl)\N=C(\N)CN=CN1. The van der Waals surface area contributed by atoms with E-state index in [1.807, 2.05) is 0 Å². The molecule has 1 aliphatic heterocycles. The van der Waals surface area contributed by atoms with Crippen LogP contribution in [-0.2, 0) is 0 Å². The van der Waals surface area contributed by atoms with Crippen molar-refractivity contribution < 1.29 is 0 Å². The molecule has 0 saturated heterocycles. The van der Waals surface area contributed by atoms with Crippen molar-refractivity contribution in [1.82, 2.24) is 5.32 Å². The average Bonchev–Trinajstić information content (AvgIpc) is 2.01. The van der Waals surface area contributed by atoms with Gasteiger partial charge in [-0.2, -0.15) is 0 Å². The Morgan fingerprint density at radius 3 is 3.08 bits per heavy atom. The molecule has 0 aromatic heterocycles. The molecule has 64 valence electrons. The first-order chi connectivity index (χ1) is 5.68. The predicted octanol–water partition coefficient (Wildman–Crippen LogP) is 0.0411. The van der Waals surface area contributed by atoms with E-state index in [2.05, 4.69) is 26.9 Å². The minimum atomic E-state index is 0.0514. The summed E-state index contributed by atoms with van der Waals surface area (Å²) in [6.07, 6.45) is 1.45. The van der Waals surface area contributed by atoms with Crippen LogP contribution >= 0.6 is 11.6 Å². The molecule has 1 rings (SSSR count). The number of hydrogen-bond donors (Lipinski definition) is 2. The van der Waals surface area contributed by atoms with Gasteiger partial charge in [-0.15, -0.1) is 0 Å². The first-order valence-electron chi connectivity index (χ1n) is 3.19. The Balaban J connectivity index is 2.88. The van der Waals surface area contributed by atoms with Gasteiger partial charge in [0.1, 0.15) is 11.7 Å². The van der Waals surface area contributed by atoms with Crippen molar-refractivity contribution in [3.05, 3.63) is 12.4 Å². The summed E-state index contributed by atoms with van der Waals surface area (Å²) in [6.45, 7) is 3.85. The van der Waals surface area contributed by atoms with Crippen LogP contribution in [-0.4, -0.2) is 24.0 Å². The first-order valence-corrected chi connectivity index (χ1v) is 3.57. The van der Waals surface area contributed by atoms with Crippen LogP contribution in [0.15, 0.2) is 27.4 Å². The van der Waals surface area contributed by atoms with E-state index in [0.717, 1.165) is 0 Å². The Kier molecular flexibility index (Phi) is 2.82. The lowest BCUT2D eigenvalue weighted by Crippen LogP contribution is -2.16. The summed E-state index contributed by atoms with van der Waals surface area (Å²) in [7, 11) is 0. The highest BCUT2D eigenvalue weighted by atomic mass is 35.5. The number of halogens is 1. The van der Waals surface area contributed by atoms with E-state index >= 15 is 0 Å². The largest absolute Gasteiger partial charge is 0.386 e. The Hall–Kier alpha value is -1.36. The molecule has 0 aromatic carbocycles. The first kappa shape index (κ1) is 8.73. The van der Waals surface area contributed by atoms with Crippen LogP contribution in [0.2, 0.25) is 0 Å². The highest BCUT2D eigenvalue weighted by Crippen LogP contribution is 1.95. The zero-order valence-electron chi connectivity index (χ0n) is 6.29. The van der Waals surface area contributed by atoms with Gasteiger partial charge in [-0.05, 0) is 11.6 Å². The van der Waals surface area contributed by atoms with Gasteiger partial charge in [-0.1, -0.05) is 6.58 Å². The molecule has 1 heterocycles. The summed E-state index contributed by atoms with van der Waals surface area (Å²) in [5.41, 5.74) is 5.42. The molecule has 0 saturated carbocycles. The van der Waals surface area contributed by atoms with Crippen molar-refractivity contribution >= 4 is 29.1 Å². The van der Waals surface area contributed by atoms with Crippen molar-refractivity contribution in [2.75, 3.05) is 6.54 Å². The predicted molar refractivity (Wildman–Crippen MR) is 50.5 cm³/mol. The minimum Gasteiger partial charge on any atom is -0.386 e. The van der Waals surface area contributed by atoms with E-state index in [9.17, 15) is 0 Å². The third-order valence-corrected chi connectivity index (χ3v) is 1.21. The molecule has 6 heteroatoms. The van der Waals surface area contributed by atoms with Crippen molar-refractivity contribution in [3.8, 4) is 0 Å². The van der Waals surface area contributed by atoms with Gasteiger partial charge in [0.2, 0.25) is 5.29 Å². The molecule has 0 unspecified atom stereocenters. The molecule has 0 aromatic rings. The van der Waals surface area contributed by atoms with Crippen molar-refractivity contribution in [3.63, 3.8) is 0 Å². The monoisotopic (exact) mass is 185 g/mol. The molecular weight excluding hydrogens is 178 g/mol. The van der Waals surface area contributed by atoms with Gasteiger partial charge in [0.25, 0.3) is 0 Å². The molecule has 0 bridgehead atoms. The molecule has 0 atom stereocenters. The molecule has 0 aliphatic carbocycles. The molecule has 0 amide bonds. The number of nitrogens with two attached hydrogens (primary N) is 1. The highest BCUT2D eigenvalue weighted by molar-refractivity contribution is 6.65. The van der Waals surface area contributed by atoms with Crippen LogP contribution in [0.5, 0.6) is 0 Å². The molecule has 0 radical (unpaired) electrons. The fraction of sp³-hybridized carbons (Fsp3) is 0.167. The second-order valence-corrected chi connectivity index (χ2v) is 2.38. The summed E-state index contributed by atoms with van der Waals surface area (Å²) in [6, 6.07) is 0. The number of hydrogen-bond acceptors (Lipinski definition) is 5. The van der Waals surface area contributed by atoms with Crippen LogP contribution < -0.4 is 11.1 Å². The fourth-order valence-electron chi connectivity index (χ4n) is 0.582. The second-order valence-electron chi connectivity index (χ2n) is 2.04. The maximum atomic E-state index is 5.58. The molecule has 0 fully saturated rings. The minimum absolute atomic E-state index is 0.0514. The highest BCUT2D eigenvalue weighted by Gasteiger charge is 1.97. The summed E-state index contributed by atoms with van der Waals surface area (Å²) < 4.78 is 0. The molecule has 12 heavy (non-hydrogen) atoms. The third-order valence-electron chi connectivity index (χ3n) is 1.04. The molecule has 1 aliphatic rings. The van der Waals surface area contributed by atoms with Gasteiger partial charge < -0.3 is 11.1 Å². The van der Waals surface area contributed by atoms with Crippen molar-refractivity contribution in [2.45, 2.75) is 0 Å². The lowest BCUT2D eigenvalue weighted by atomic mass is 10.6. The summed E-state index contributed by atoms with van der Waals surface area (Å²) in [4.78, 5) is 11.4. The van der Waals surface area contributed by atoms with Crippen LogP contribution in [0.1, 0.15) is 0 Å². The normalized spacial score (nSPS) is 26.9. The number of nitrogens with one attached hydrogen (secondary N) is 1. The van der Waals surface area contributed by atoms with Gasteiger partial charge >= 0.3 is 0 Å². The fourth-order valence-corrected chi connectivity index (χ4v) is 0.792. The lowest BCUT2D eigenvalue weighted by Gasteiger charge is -1.94. The smallest absolute Gasteiger partial charge is 0.226 e. The van der Waals surface area contributed by atoms with Crippen molar-refractivity contribution in [1.29, 1.82) is 0 Å². The van der Waals surface area contributed by atoms with Crippen LogP contribution in [0.25, 0.3) is 0 Å². The Morgan fingerprint density at radius 2 is 2.33 bits per heavy atom.